The Hall–Kier alpha value is -0.940. The third-order valence-corrected chi connectivity index (χ3v) is 3.11. The summed E-state index contributed by atoms with van der Waals surface area (Å²) in [6.45, 7) is 15.1. The summed E-state index contributed by atoms with van der Waals surface area (Å²) in [6, 6.07) is 0. The van der Waals surface area contributed by atoms with Crippen LogP contribution in [0.3, 0.4) is 0 Å². The lowest BCUT2D eigenvalue weighted by molar-refractivity contribution is -0.131. The molecule has 0 N–H and O–H groups in total. The van der Waals surface area contributed by atoms with Crippen LogP contribution in [0.1, 0.15) is 53.3 Å². The first-order chi connectivity index (χ1) is 8.66. The Morgan fingerprint density at radius 3 is 2.58 bits per heavy atom. The summed E-state index contributed by atoms with van der Waals surface area (Å²) in [4.78, 5) is 6.81. The minimum atomic E-state index is -0.117. The van der Waals surface area contributed by atoms with E-state index >= 15 is 0 Å². The minimum absolute atomic E-state index is 0.0944. The molecule has 0 radical (unpaired) electrons. The maximum atomic E-state index is 5.90. The van der Waals surface area contributed by atoms with Gasteiger partial charge in [0, 0.05) is 18.5 Å². The zero-order chi connectivity index (χ0) is 14.3. The van der Waals surface area contributed by atoms with Crippen molar-refractivity contribution >= 4 is 0 Å². The molecule has 1 atom stereocenters. The van der Waals surface area contributed by atoms with Crippen molar-refractivity contribution in [2.75, 3.05) is 13.1 Å². The summed E-state index contributed by atoms with van der Waals surface area (Å²) < 4.78 is 11.2. The molecule has 1 aromatic heterocycles. The fourth-order valence-corrected chi connectivity index (χ4v) is 2.53. The standard InChI is InChI=1S/C14H25N3O2/c1-10-7-17(9-14(5,6)18-10)8-11-15-12(19-16-11)13(2,3)4/h10H,7-9H2,1-6H3. The second-order valence-electron chi connectivity index (χ2n) is 7.12. The van der Waals surface area contributed by atoms with Crippen LogP contribution >= 0.6 is 0 Å². The summed E-state index contributed by atoms with van der Waals surface area (Å²) in [5, 5.41) is 4.08. The van der Waals surface area contributed by atoms with E-state index in [0.717, 1.165) is 25.5 Å². The Labute approximate surface area is 115 Å². The topological polar surface area (TPSA) is 51.4 Å². The molecular formula is C14H25N3O2. The largest absolute Gasteiger partial charge is 0.370 e. The fraction of sp³-hybridized carbons (Fsp3) is 0.857. The van der Waals surface area contributed by atoms with E-state index < -0.39 is 0 Å². The normalized spacial score (nSPS) is 24.6. The first-order valence-electron chi connectivity index (χ1n) is 6.89. The molecule has 1 aliphatic rings. The molecule has 0 spiro atoms. The van der Waals surface area contributed by atoms with Crippen LogP contribution in [0.15, 0.2) is 4.52 Å². The van der Waals surface area contributed by atoms with E-state index in [0.29, 0.717) is 5.89 Å². The average molecular weight is 267 g/mol. The van der Waals surface area contributed by atoms with Crippen molar-refractivity contribution in [1.29, 1.82) is 0 Å². The zero-order valence-electron chi connectivity index (χ0n) is 12.9. The van der Waals surface area contributed by atoms with E-state index in [2.05, 4.69) is 56.6 Å². The van der Waals surface area contributed by atoms with Gasteiger partial charge in [-0.3, -0.25) is 4.90 Å². The predicted octanol–water partition coefficient (Wildman–Crippen LogP) is 2.37. The van der Waals surface area contributed by atoms with Gasteiger partial charge in [0.2, 0.25) is 5.89 Å². The quantitative estimate of drug-likeness (QED) is 0.823. The van der Waals surface area contributed by atoms with E-state index in [4.69, 9.17) is 9.26 Å². The first-order valence-corrected chi connectivity index (χ1v) is 6.89. The number of ether oxygens (including phenoxy) is 1. The lowest BCUT2D eigenvalue weighted by Gasteiger charge is -2.41. The van der Waals surface area contributed by atoms with E-state index in [1.165, 1.54) is 0 Å². The van der Waals surface area contributed by atoms with Crippen molar-refractivity contribution < 1.29 is 9.26 Å². The Morgan fingerprint density at radius 1 is 1.37 bits per heavy atom. The Bertz CT molecular complexity index is 434. The number of nitrogens with zero attached hydrogens (tertiary/aromatic N) is 3. The third-order valence-electron chi connectivity index (χ3n) is 3.11. The highest BCUT2D eigenvalue weighted by atomic mass is 16.5. The van der Waals surface area contributed by atoms with Crippen molar-refractivity contribution in [3.8, 4) is 0 Å². The number of morpholine rings is 1. The van der Waals surface area contributed by atoms with Crippen LogP contribution in [0.2, 0.25) is 0 Å². The Morgan fingerprint density at radius 2 is 2.05 bits per heavy atom. The van der Waals surface area contributed by atoms with Crippen molar-refractivity contribution in [2.24, 2.45) is 0 Å². The van der Waals surface area contributed by atoms with Crippen LogP contribution in [0.5, 0.6) is 0 Å². The van der Waals surface area contributed by atoms with Crippen LogP contribution < -0.4 is 0 Å². The molecular weight excluding hydrogens is 242 g/mol. The summed E-state index contributed by atoms with van der Waals surface area (Å²) in [5.74, 6) is 1.46. The lowest BCUT2D eigenvalue weighted by atomic mass is 9.97. The SMILES string of the molecule is CC1CN(Cc2noc(C(C)(C)C)n2)CC(C)(C)O1. The molecule has 0 bridgehead atoms. The van der Waals surface area contributed by atoms with Gasteiger partial charge < -0.3 is 9.26 Å². The number of hydrogen-bond acceptors (Lipinski definition) is 5. The monoisotopic (exact) mass is 267 g/mol. The molecule has 1 saturated heterocycles. The van der Waals surface area contributed by atoms with E-state index in [1.54, 1.807) is 0 Å². The average Bonchev–Trinajstić information content (AvgIpc) is 2.61. The molecule has 1 unspecified atom stereocenters. The van der Waals surface area contributed by atoms with Gasteiger partial charge in [0.25, 0.3) is 0 Å². The molecule has 0 aromatic carbocycles. The highest BCUT2D eigenvalue weighted by Crippen LogP contribution is 2.23. The Balaban J connectivity index is 2.03. The van der Waals surface area contributed by atoms with E-state index in [1.807, 2.05) is 0 Å². The van der Waals surface area contributed by atoms with Crippen molar-refractivity contribution in [3.05, 3.63) is 11.7 Å². The molecule has 108 valence electrons. The second-order valence-corrected chi connectivity index (χ2v) is 7.12. The highest BCUT2D eigenvalue weighted by molar-refractivity contribution is 4.98. The predicted molar refractivity (Wildman–Crippen MR) is 72.9 cm³/mol. The van der Waals surface area contributed by atoms with Crippen LogP contribution in [-0.4, -0.2) is 39.8 Å². The number of rotatable bonds is 2. The van der Waals surface area contributed by atoms with Crippen LogP contribution in [0, 0.1) is 0 Å². The van der Waals surface area contributed by atoms with E-state index in [-0.39, 0.29) is 17.1 Å². The molecule has 1 fully saturated rings. The van der Waals surface area contributed by atoms with Gasteiger partial charge in [-0.25, -0.2) is 0 Å². The number of aromatic nitrogens is 2. The summed E-state index contributed by atoms with van der Waals surface area (Å²) in [6.07, 6.45) is 0.234. The number of hydrogen-bond donors (Lipinski definition) is 0. The van der Waals surface area contributed by atoms with Crippen LogP contribution in [-0.2, 0) is 16.7 Å². The smallest absolute Gasteiger partial charge is 0.232 e. The summed E-state index contributed by atoms with van der Waals surface area (Å²) in [5.41, 5.74) is -0.211. The van der Waals surface area contributed by atoms with Gasteiger partial charge in [-0.15, -0.1) is 0 Å². The van der Waals surface area contributed by atoms with Gasteiger partial charge in [0.15, 0.2) is 5.82 Å². The summed E-state index contributed by atoms with van der Waals surface area (Å²) in [7, 11) is 0. The van der Waals surface area contributed by atoms with Gasteiger partial charge in [-0.2, -0.15) is 4.98 Å². The molecule has 5 nitrogen and oxygen atoms in total. The van der Waals surface area contributed by atoms with Gasteiger partial charge in [0.05, 0.1) is 18.2 Å². The van der Waals surface area contributed by atoms with Crippen molar-refractivity contribution in [2.45, 2.75) is 65.2 Å². The minimum Gasteiger partial charge on any atom is -0.370 e. The van der Waals surface area contributed by atoms with Crippen LogP contribution in [0.25, 0.3) is 0 Å². The fourth-order valence-electron chi connectivity index (χ4n) is 2.53. The molecule has 5 heteroatoms. The highest BCUT2D eigenvalue weighted by Gasteiger charge is 2.32. The van der Waals surface area contributed by atoms with Gasteiger partial charge >= 0.3 is 0 Å². The molecule has 0 saturated carbocycles. The molecule has 1 aliphatic heterocycles. The third kappa shape index (κ3) is 3.76. The maximum Gasteiger partial charge on any atom is 0.232 e. The summed E-state index contributed by atoms with van der Waals surface area (Å²) >= 11 is 0. The van der Waals surface area contributed by atoms with Gasteiger partial charge in [0.1, 0.15) is 0 Å². The first kappa shape index (κ1) is 14.5. The van der Waals surface area contributed by atoms with E-state index in [9.17, 15) is 0 Å². The molecule has 1 aromatic rings. The van der Waals surface area contributed by atoms with Crippen molar-refractivity contribution in [3.63, 3.8) is 0 Å². The van der Waals surface area contributed by atoms with Gasteiger partial charge in [-0.1, -0.05) is 25.9 Å². The van der Waals surface area contributed by atoms with Crippen LogP contribution in [0.4, 0.5) is 0 Å². The second kappa shape index (κ2) is 4.87. The molecule has 0 amide bonds. The Kier molecular flexibility index (Phi) is 3.71. The molecule has 0 aliphatic carbocycles. The zero-order valence-corrected chi connectivity index (χ0v) is 12.9. The lowest BCUT2D eigenvalue weighted by Crippen LogP contribution is -2.51. The molecule has 2 heterocycles. The van der Waals surface area contributed by atoms with Gasteiger partial charge in [-0.05, 0) is 20.8 Å². The molecule has 2 rings (SSSR count). The molecule has 19 heavy (non-hydrogen) atoms. The maximum absolute atomic E-state index is 5.90. The van der Waals surface area contributed by atoms with Crippen molar-refractivity contribution in [1.82, 2.24) is 15.0 Å².